The number of fused-ring (bicyclic) bond motifs is 1. The van der Waals surface area contributed by atoms with Gasteiger partial charge in [0.15, 0.2) is 17.1 Å². The second kappa shape index (κ2) is 6.18. The summed E-state index contributed by atoms with van der Waals surface area (Å²) in [5.41, 5.74) is 0.539. The standard InChI is InChI=1S/C19H16O7/c1-21-17-14-11-12(20)16(25-9-24-14)13(10-7-5-4-6-8-10)26-15(11)18(22-2)19(17)23-3/h4-8H,9H2,1-3H3. The van der Waals surface area contributed by atoms with Gasteiger partial charge in [0.2, 0.25) is 35.2 Å². The summed E-state index contributed by atoms with van der Waals surface area (Å²) in [6, 6.07) is 9.21. The van der Waals surface area contributed by atoms with E-state index < -0.39 is 0 Å². The van der Waals surface area contributed by atoms with Gasteiger partial charge in [-0.2, -0.15) is 0 Å². The van der Waals surface area contributed by atoms with Gasteiger partial charge < -0.3 is 28.1 Å². The summed E-state index contributed by atoms with van der Waals surface area (Å²) in [6.07, 6.45) is 0. The van der Waals surface area contributed by atoms with Crippen LogP contribution in [0.3, 0.4) is 0 Å². The molecule has 0 fully saturated rings. The molecule has 2 bridgehead atoms. The Bertz CT molecular complexity index is 1040. The Morgan fingerprint density at radius 3 is 2.15 bits per heavy atom. The normalized spacial score (nSPS) is 12.3. The van der Waals surface area contributed by atoms with Gasteiger partial charge in [0.1, 0.15) is 5.39 Å². The van der Waals surface area contributed by atoms with Crippen LogP contribution in [0.15, 0.2) is 39.5 Å². The van der Waals surface area contributed by atoms with E-state index >= 15 is 0 Å². The third-order valence-corrected chi connectivity index (χ3v) is 4.18. The van der Waals surface area contributed by atoms with Crippen LogP contribution in [0.2, 0.25) is 0 Å². The van der Waals surface area contributed by atoms with Crippen LogP contribution < -0.4 is 29.1 Å². The molecule has 4 rings (SSSR count). The van der Waals surface area contributed by atoms with Crippen LogP contribution in [-0.4, -0.2) is 28.1 Å². The summed E-state index contributed by atoms with van der Waals surface area (Å²) < 4.78 is 33.5. The molecular formula is C19H16O7. The Hall–Kier alpha value is -3.35. The minimum atomic E-state index is -0.364. The van der Waals surface area contributed by atoms with Crippen molar-refractivity contribution in [1.82, 2.24) is 0 Å². The lowest BCUT2D eigenvalue weighted by Gasteiger charge is -2.16. The highest BCUT2D eigenvalue weighted by Crippen LogP contribution is 2.52. The summed E-state index contributed by atoms with van der Waals surface area (Å²) in [7, 11) is 4.38. The molecule has 2 heterocycles. The van der Waals surface area contributed by atoms with E-state index in [1.807, 2.05) is 30.3 Å². The van der Waals surface area contributed by atoms with E-state index in [1.54, 1.807) is 0 Å². The molecule has 1 aliphatic heterocycles. The topological polar surface area (TPSA) is 76.4 Å². The van der Waals surface area contributed by atoms with E-state index in [4.69, 9.17) is 28.1 Å². The van der Waals surface area contributed by atoms with Gasteiger partial charge in [-0.25, -0.2) is 0 Å². The van der Waals surface area contributed by atoms with Crippen molar-refractivity contribution < 1.29 is 28.1 Å². The fraction of sp³-hybridized carbons (Fsp3) is 0.211. The van der Waals surface area contributed by atoms with E-state index in [2.05, 4.69) is 0 Å². The molecule has 0 saturated carbocycles. The van der Waals surface area contributed by atoms with Gasteiger partial charge in [-0.1, -0.05) is 30.3 Å². The van der Waals surface area contributed by atoms with Gasteiger partial charge in [-0.3, -0.25) is 4.79 Å². The summed E-state index contributed by atoms with van der Waals surface area (Å²) >= 11 is 0. The molecule has 0 aliphatic carbocycles. The van der Waals surface area contributed by atoms with Crippen molar-refractivity contribution in [2.45, 2.75) is 0 Å². The van der Waals surface area contributed by atoms with Crippen molar-refractivity contribution in [1.29, 1.82) is 0 Å². The number of benzene rings is 2. The summed E-state index contributed by atoms with van der Waals surface area (Å²) in [4.78, 5) is 13.1. The molecule has 0 N–H and O–H groups in total. The molecule has 0 radical (unpaired) electrons. The van der Waals surface area contributed by atoms with E-state index in [1.165, 1.54) is 21.3 Å². The van der Waals surface area contributed by atoms with E-state index in [9.17, 15) is 4.79 Å². The molecular weight excluding hydrogens is 340 g/mol. The first-order valence-electron chi connectivity index (χ1n) is 7.85. The lowest BCUT2D eigenvalue weighted by Crippen LogP contribution is -2.09. The second-order valence-electron chi connectivity index (χ2n) is 5.49. The summed E-state index contributed by atoms with van der Waals surface area (Å²) in [5.74, 6) is 1.34. The molecule has 26 heavy (non-hydrogen) atoms. The van der Waals surface area contributed by atoms with Crippen LogP contribution in [0.25, 0.3) is 22.3 Å². The largest absolute Gasteiger partial charge is 0.490 e. The van der Waals surface area contributed by atoms with Gasteiger partial charge in [0.25, 0.3) is 0 Å². The van der Waals surface area contributed by atoms with Crippen LogP contribution >= 0.6 is 0 Å². The molecule has 134 valence electrons. The van der Waals surface area contributed by atoms with Crippen LogP contribution in [-0.2, 0) is 0 Å². The van der Waals surface area contributed by atoms with E-state index in [-0.39, 0.29) is 51.9 Å². The van der Waals surface area contributed by atoms with Crippen molar-refractivity contribution in [2.75, 3.05) is 28.1 Å². The molecule has 1 aromatic heterocycles. The number of ether oxygens (including phenoxy) is 5. The molecule has 0 spiro atoms. The van der Waals surface area contributed by atoms with Crippen LogP contribution in [0.4, 0.5) is 0 Å². The number of methoxy groups -OCH3 is 3. The fourth-order valence-corrected chi connectivity index (χ4v) is 3.06. The lowest BCUT2D eigenvalue weighted by atomic mass is 10.1. The van der Waals surface area contributed by atoms with Gasteiger partial charge >= 0.3 is 0 Å². The van der Waals surface area contributed by atoms with Crippen LogP contribution in [0, 0.1) is 0 Å². The monoisotopic (exact) mass is 356 g/mol. The molecule has 3 aromatic rings. The van der Waals surface area contributed by atoms with Crippen molar-refractivity contribution >= 4 is 11.0 Å². The average Bonchev–Trinajstić information content (AvgIpc) is 2.80. The second-order valence-corrected chi connectivity index (χ2v) is 5.49. The zero-order chi connectivity index (χ0) is 18.3. The Morgan fingerprint density at radius 1 is 0.846 bits per heavy atom. The Balaban J connectivity index is 2.20. The van der Waals surface area contributed by atoms with Gasteiger partial charge in [0, 0.05) is 5.56 Å². The highest BCUT2D eigenvalue weighted by Gasteiger charge is 2.32. The smallest absolute Gasteiger partial charge is 0.239 e. The highest BCUT2D eigenvalue weighted by molar-refractivity contribution is 5.97. The minimum Gasteiger partial charge on any atom is -0.490 e. The third kappa shape index (κ3) is 2.17. The average molecular weight is 356 g/mol. The number of hydrogen-bond donors (Lipinski definition) is 0. The molecule has 0 amide bonds. The van der Waals surface area contributed by atoms with Crippen LogP contribution in [0.5, 0.6) is 28.7 Å². The fourth-order valence-electron chi connectivity index (χ4n) is 3.06. The quantitative estimate of drug-likeness (QED) is 0.710. The Labute approximate surface area is 148 Å². The highest BCUT2D eigenvalue weighted by atomic mass is 16.7. The van der Waals surface area contributed by atoms with E-state index in [0.29, 0.717) is 11.3 Å². The zero-order valence-corrected chi connectivity index (χ0v) is 14.5. The number of hydrogen-bond acceptors (Lipinski definition) is 7. The SMILES string of the molecule is COc1c(OC)c2c3c(=O)c(c(-c4ccccc4)oc3c1OC)OCO2. The van der Waals surface area contributed by atoms with Crippen molar-refractivity contribution in [3.05, 3.63) is 40.6 Å². The molecule has 7 nitrogen and oxygen atoms in total. The molecule has 0 saturated heterocycles. The molecule has 7 heteroatoms. The molecule has 0 atom stereocenters. The van der Waals surface area contributed by atoms with Crippen molar-refractivity contribution in [2.24, 2.45) is 0 Å². The maximum atomic E-state index is 13.1. The first-order valence-corrected chi connectivity index (χ1v) is 7.85. The Morgan fingerprint density at radius 2 is 1.50 bits per heavy atom. The third-order valence-electron chi connectivity index (χ3n) is 4.18. The Kier molecular flexibility index (Phi) is 3.84. The summed E-state index contributed by atoms with van der Waals surface area (Å²) in [5, 5.41) is 0.187. The summed E-state index contributed by atoms with van der Waals surface area (Å²) in [6.45, 7) is -0.168. The van der Waals surface area contributed by atoms with Crippen molar-refractivity contribution in [3.8, 4) is 40.1 Å². The van der Waals surface area contributed by atoms with Gasteiger partial charge in [-0.05, 0) is 0 Å². The van der Waals surface area contributed by atoms with Crippen LogP contribution in [0.1, 0.15) is 0 Å². The lowest BCUT2D eigenvalue weighted by molar-refractivity contribution is 0.119. The zero-order valence-electron chi connectivity index (χ0n) is 14.5. The van der Waals surface area contributed by atoms with E-state index in [0.717, 1.165) is 0 Å². The molecule has 0 unspecified atom stereocenters. The maximum absolute atomic E-state index is 13.1. The number of rotatable bonds is 4. The predicted octanol–water partition coefficient (Wildman–Crippen LogP) is 3.21. The first-order chi connectivity index (χ1) is 12.7. The minimum absolute atomic E-state index is 0.0803. The molecule has 1 aliphatic rings. The van der Waals surface area contributed by atoms with Gasteiger partial charge in [0.05, 0.1) is 21.3 Å². The molecule has 2 aromatic carbocycles. The van der Waals surface area contributed by atoms with Gasteiger partial charge in [-0.15, -0.1) is 0 Å². The maximum Gasteiger partial charge on any atom is 0.239 e. The first kappa shape index (κ1) is 16.1. The predicted molar refractivity (Wildman–Crippen MR) is 93.7 cm³/mol. The van der Waals surface area contributed by atoms with Crippen molar-refractivity contribution in [3.63, 3.8) is 0 Å².